The second-order valence-electron chi connectivity index (χ2n) is 6.00. The predicted octanol–water partition coefficient (Wildman–Crippen LogP) is 5.38. The van der Waals surface area contributed by atoms with E-state index in [0.717, 1.165) is 26.0 Å². The van der Waals surface area contributed by atoms with Gasteiger partial charge in [0.2, 0.25) is 0 Å². The molecule has 0 saturated heterocycles. The van der Waals surface area contributed by atoms with Gasteiger partial charge in [-0.25, -0.2) is 0 Å². The predicted molar refractivity (Wildman–Crippen MR) is 109 cm³/mol. The molecule has 1 aliphatic rings. The molecule has 3 aromatic carbocycles. The van der Waals surface area contributed by atoms with Crippen LogP contribution in [0.1, 0.15) is 31.8 Å². The highest BCUT2D eigenvalue weighted by Gasteiger charge is 2.33. The zero-order valence-electron chi connectivity index (χ0n) is 13.6. The van der Waals surface area contributed by atoms with Gasteiger partial charge in [0, 0.05) is 31.0 Å². The van der Waals surface area contributed by atoms with Crippen molar-refractivity contribution in [1.29, 1.82) is 0 Å². The van der Waals surface area contributed by atoms with Gasteiger partial charge in [-0.15, -0.1) is 0 Å². The molecule has 0 amide bonds. The Bertz CT molecular complexity index is 1270. The molecule has 0 bridgehead atoms. The summed E-state index contributed by atoms with van der Waals surface area (Å²) in [4.78, 5) is 27.9. The van der Waals surface area contributed by atoms with E-state index >= 15 is 0 Å². The highest BCUT2D eigenvalue weighted by molar-refractivity contribution is 9.10. The highest BCUT2D eigenvalue weighted by Crippen LogP contribution is 2.41. The summed E-state index contributed by atoms with van der Waals surface area (Å²) in [7, 11) is 0. The van der Waals surface area contributed by atoms with Crippen molar-refractivity contribution < 1.29 is 9.59 Å². The van der Waals surface area contributed by atoms with Gasteiger partial charge >= 0.3 is 0 Å². The van der Waals surface area contributed by atoms with Crippen LogP contribution in [0, 0.1) is 0 Å². The Kier molecular flexibility index (Phi) is 3.96. The molecule has 4 nitrogen and oxygen atoms in total. The average Bonchev–Trinajstić information content (AvgIpc) is 3.18. The van der Waals surface area contributed by atoms with Gasteiger partial charge in [0.25, 0.3) is 0 Å². The number of hydrogen-bond acceptors (Lipinski definition) is 6. The van der Waals surface area contributed by atoms with E-state index in [0.29, 0.717) is 33.3 Å². The summed E-state index contributed by atoms with van der Waals surface area (Å²) in [5.41, 5.74) is 2.78. The molecule has 0 aliphatic heterocycles. The second-order valence-corrected chi connectivity index (χ2v) is 8.46. The molecule has 1 aromatic heterocycles. The molecule has 0 atom stereocenters. The largest absolute Gasteiger partial charge is 0.289 e. The third-order valence-electron chi connectivity index (χ3n) is 4.45. The van der Waals surface area contributed by atoms with Crippen LogP contribution >= 0.6 is 39.4 Å². The number of hydrogen-bond donors (Lipinski definition) is 0. The average molecular weight is 453 g/mol. The van der Waals surface area contributed by atoms with Crippen molar-refractivity contribution in [3.8, 4) is 0 Å². The van der Waals surface area contributed by atoms with Crippen LogP contribution in [-0.2, 0) is 0 Å². The molecule has 1 aliphatic carbocycles. The van der Waals surface area contributed by atoms with E-state index in [2.05, 4.69) is 24.7 Å². The molecule has 7 heteroatoms. The van der Waals surface area contributed by atoms with Gasteiger partial charge in [-0.05, 0) is 34.1 Å². The van der Waals surface area contributed by atoms with Gasteiger partial charge < -0.3 is 0 Å². The Morgan fingerprint density at radius 1 is 0.778 bits per heavy atom. The fourth-order valence-electron chi connectivity index (χ4n) is 3.21. The molecule has 5 rings (SSSR count). The SMILES string of the molecule is O=C1c2ccccc2C(=O)c2c1cc(Sc1ccccc1Br)c1nsnc21. The zero-order chi connectivity index (χ0) is 18.5. The number of carbonyl (C=O) groups excluding carboxylic acids is 2. The van der Waals surface area contributed by atoms with Gasteiger partial charge in [-0.2, -0.15) is 8.75 Å². The normalized spacial score (nSPS) is 12.9. The van der Waals surface area contributed by atoms with E-state index in [4.69, 9.17) is 0 Å². The summed E-state index contributed by atoms with van der Waals surface area (Å²) >= 11 is 6.10. The van der Waals surface area contributed by atoms with Crippen molar-refractivity contribution in [3.63, 3.8) is 0 Å². The standard InChI is InChI=1S/C20H9BrN2O2S2/c21-13-7-3-4-8-14(13)26-15-9-12-16(18-17(15)22-27-23-18)20(25)11-6-2-1-5-10(11)19(12)24/h1-9H. The van der Waals surface area contributed by atoms with Crippen molar-refractivity contribution in [1.82, 2.24) is 8.75 Å². The van der Waals surface area contributed by atoms with Crippen LogP contribution in [-0.4, -0.2) is 20.3 Å². The summed E-state index contributed by atoms with van der Waals surface area (Å²) < 4.78 is 9.70. The van der Waals surface area contributed by atoms with Gasteiger partial charge in [-0.1, -0.05) is 48.2 Å². The van der Waals surface area contributed by atoms with E-state index < -0.39 is 0 Å². The summed E-state index contributed by atoms with van der Waals surface area (Å²) in [6.07, 6.45) is 0. The maximum Gasteiger partial charge on any atom is 0.196 e. The topological polar surface area (TPSA) is 59.9 Å². The Labute approximate surface area is 171 Å². The first-order valence-electron chi connectivity index (χ1n) is 8.05. The van der Waals surface area contributed by atoms with Crippen LogP contribution < -0.4 is 0 Å². The van der Waals surface area contributed by atoms with Crippen LogP contribution in [0.4, 0.5) is 0 Å². The lowest BCUT2D eigenvalue weighted by atomic mass is 9.83. The van der Waals surface area contributed by atoms with E-state index in [-0.39, 0.29) is 11.6 Å². The number of aromatic nitrogens is 2. The van der Waals surface area contributed by atoms with E-state index in [9.17, 15) is 9.59 Å². The minimum Gasteiger partial charge on any atom is -0.289 e. The molecule has 27 heavy (non-hydrogen) atoms. The van der Waals surface area contributed by atoms with Crippen molar-refractivity contribution in [3.05, 3.63) is 81.3 Å². The van der Waals surface area contributed by atoms with Crippen molar-refractivity contribution in [2.24, 2.45) is 0 Å². The summed E-state index contributed by atoms with van der Waals surface area (Å²) in [6, 6.07) is 16.5. The van der Waals surface area contributed by atoms with Crippen molar-refractivity contribution >= 4 is 62.0 Å². The lowest BCUT2D eigenvalue weighted by Crippen LogP contribution is -2.21. The maximum atomic E-state index is 13.1. The molecular weight excluding hydrogens is 444 g/mol. The highest BCUT2D eigenvalue weighted by atomic mass is 79.9. The molecule has 4 aromatic rings. The van der Waals surface area contributed by atoms with Gasteiger partial charge in [0.05, 0.1) is 17.3 Å². The fraction of sp³-hybridized carbons (Fsp3) is 0. The number of fused-ring (bicyclic) bond motifs is 4. The molecule has 1 heterocycles. The van der Waals surface area contributed by atoms with E-state index in [1.807, 2.05) is 24.3 Å². The number of rotatable bonds is 2. The summed E-state index contributed by atoms with van der Waals surface area (Å²) in [5, 5.41) is 0. The Hall–Kier alpha value is -2.35. The number of ketones is 2. The van der Waals surface area contributed by atoms with Crippen LogP contribution in [0.25, 0.3) is 11.0 Å². The Morgan fingerprint density at radius 2 is 1.44 bits per heavy atom. The zero-order valence-corrected chi connectivity index (χ0v) is 16.8. The van der Waals surface area contributed by atoms with Crippen molar-refractivity contribution in [2.45, 2.75) is 9.79 Å². The number of halogens is 1. The first-order chi connectivity index (χ1) is 13.1. The first kappa shape index (κ1) is 16.8. The summed E-state index contributed by atoms with van der Waals surface area (Å²) in [5.74, 6) is -0.320. The number of nitrogens with zero attached hydrogens (tertiary/aromatic N) is 2. The molecule has 0 N–H and O–H groups in total. The van der Waals surface area contributed by atoms with Gasteiger partial charge in [0.15, 0.2) is 11.6 Å². The third-order valence-corrected chi connectivity index (χ3v) is 7.04. The van der Waals surface area contributed by atoms with Crippen LogP contribution in [0.3, 0.4) is 0 Å². The molecule has 0 saturated carbocycles. The van der Waals surface area contributed by atoms with Gasteiger partial charge in [0.1, 0.15) is 11.0 Å². The van der Waals surface area contributed by atoms with Crippen LogP contribution in [0.5, 0.6) is 0 Å². The van der Waals surface area contributed by atoms with Crippen LogP contribution in [0.2, 0.25) is 0 Å². The smallest absolute Gasteiger partial charge is 0.196 e. The quantitative estimate of drug-likeness (QED) is 0.359. The minimum absolute atomic E-state index is 0.149. The van der Waals surface area contributed by atoms with E-state index in [1.54, 1.807) is 30.3 Å². The maximum absolute atomic E-state index is 13.1. The molecule has 0 radical (unpaired) electrons. The second kappa shape index (κ2) is 6.37. The lowest BCUT2D eigenvalue weighted by molar-refractivity contribution is 0.0980. The monoisotopic (exact) mass is 452 g/mol. The molecule has 130 valence electrons. The lowest BCUT2D eigenvalue weighted by Gasteiger charge is -2.18. The summed E-state index contributed by atoms with van der Waals surface area (Å²) in [6.45, 7) is 0. The number of carbonyl (C=O) groups is 2. The Morgan fingerprint density at radius 3 is 2.22 bits per heavy atom. The third kappa shape index (κ3) is 2.57. The van der Waals surface area contributed by atoms with Crippen molar-refractivity contribution in [2.75, 3.05) is 0 Å². The molecule has 0 unspecified atom stereocenters. The molecule has 0 spiro atoms. The minimum atomic E-state index is -0.171. The van der Waals surface area contributed by atoms with Gasteiger partial charge in [-0.3, -0.25) is 9.59 Å². The van der Waals surface area contributed by atoms with Crippen LogP contribution in [0.15, 0.2) is 68.9 Å². The molecule has 0 fully saturated rings. The fourth-order valence-corrected chi connectivity index (χ4v) is 5.32. The number of benzene rings is 3. The molecular formula is C20H9BrN2O2S2. The Balaban J connectivity index is 1.75. The first-order valence-corrected chi connectivity index (χ1v) is 10.4. The van der Waals surface area contributed by atoms with E-state index in [1.165, 1.54) is 11.8 Å².